The molecule has 1 aliphatic heterocycles. The molecule has 0 unspecified atom stereocenters. The predicted molar refractivity (Wildman–Crippen MR) is 89.5 cm³/mol. The fraction of sp³-hybridized carbons (Fsp3) is 0.556. The topological polar surface area (TPSA) is 57.8 Å². The van der Waals surface area contributed by atoms with E-state index in [0.717, 1.165) is 24.7 Å². The Kier molecular flexibility index (Phi) is 6.42. The smallest absolute Gasteiger partial charge is 0.282 e. The van der Waals surface area contributed by atoms with Gasteiger partial charge in [0.15, 0.2) is 6.54 Å². The molecule has 1 fully saturated rings. The average Bonchev–Trinajstić information content (AvgIpc) is 2.57. The van der Waals surface area contributed by atoms with Crippen LogP contribution in [0.5, 0.6) is 5.75 Å². The molecule has 0 spiro atoms. The highest BCUT2D eigenvalue weighted by atomic mass is 16.5. The number of para-hydroxylation sites is 2. The molecule has 0 radical (unpaired) electrons. The van der Waals surface area contributed by atoms with E-state index in [0.29, 0.717) is 25.3 Å². The van der Waals surface area contributed by atoms with Crippen molar-refractivity contribution in [3.63, 3.8) is 0 Å². The molecule has 1 heterocycles. The second-order valence-corrected chi connectivity index (χ2v) is 6.23. The minimum absolute atomic E-state index is 0.0642. The van der Waals surface area contributed by atoms with Crippen LogP contribution >= 0.6 is 0 Å². The second kappa shape index (κ2) is 8.54. The highest BCUT2D eigenvalue weighted by molar-refractivity contribution is 5.95. The van der Waals surface area contributed by atoms with Crippen molar-refractivity contribution in [2.45, 2.75) is 26.2 Å². The number of anilines is 1. The van der Waals surface area contributed by atoms with Crippen LogP contribution in [0, 0.1) is 17.2 Å². The number of hydrogen-bond acceptors (Lipinski definition) is 3. The van der Waals surface area contributed by atoms with Gasteiger partial charge in [0, 0.05) is 6.54 Å². The zero-order chi connectivity index (χ0) is 16.7. The molecule has 1 N–H and O–H groups in total. The Labute approximate surface area is 138 Å². The van der Waals surface area contributed by atoms with Crippen molar-refractivity contribution in [2.75, 3.05) is 38.2 Å². The molecule has 0 aliphatic carbocycles. The van der Waals surface area contributed by atoms with Crippen molar-refractivity contribution >= 4 is 11.6 Å². The fourth-order valence-corrected chi connectivity index (χ4v) is 3.05. The van der Waals surface area contributed by atoms with Gasteiger partial charge in [-0.2, -0.15) is 5.26 Å². The lowest BCUT2D eigenvalue weighted by Crippen LogP contribution is -3.14. The largest absolute Gasteiger partial charge is 0.495 e. The summed E-state index contributed by atoms with van der Waals surface area (Å²) in [7, 11) is 1.60. The van der Waals surface area contributed by atoms with Gasteiger partial charge in [-0.3, -0.25) is 4.79 Å². The SMILES string of the molecule is COc1ccccc1N(CCC#N)C(=O)C[NH+]1CCC(C)CC1. The van der Waals surface area contributed by atoms with Crippen LogP contribution in [0.25, 0.3) is 0 Å². The summed E-state index contributed by atoms with van der Waals surface area (Å²) in [6.07, 6.45) is 2.67. The number of benzene rings is 1. The lowest BCUT2D eigenvalue weighted by molar-refractivity contribution is -0.898. The zero-order valence-corrected chi connectivity index (χ0v) is 14.0. The van der Waals surface area contributed by atoms with Gasteiger partial charge in [0.2, 0.25) is 0 Å². The maximum Gasteiger partial charge on any atom is 0.282 e. The van der Waals surface area contributed by atoms with E-state index in [1.165, 1.54) is 17.7 Å². The number of nitrogens with zero attached hydrogens (tertiary/aromatic N) is 2. The van der Waals surface area contributed by atoms with Crippen molar-refractivity contribution in [2.24, 2.45) is 5.92 Å². The van der Waals surface area contributed by atoms with Crippen LogP contribution in [0.4, 0.5) is 5.69 Å². The maximum absolute atomic E-state index is 12.8. The van der Waals surface area contributed by atoms with Gasteiger partial charge in [0.1, 0.15) is 5.75 Å². The number of quaternary nitrogens is 1. The maximum atomic E-state index is 12.8. The molecule has 1 aromatic carbocycles. The van der Waals surface area contributed by atoms with Gasteiger partial charge >= 0.3 is 0 Å². The monoisotopic (exact) mass is 316 g/mol. The summed E-state index contributed by atoms with van der Waals surface area (Å²) in [6.45, 7) is 5.25. The standard InChI is InChI=1S/C18H25N3O2/c1-15-8-12-20(13-9-15)14-18(22)21(11-5-10-19)16-6-3-4-7-17(16)23-2/h3-4,6-7,15H,5,8-9,11-14H2,1-2H3/p+1. The third-order valence-electron chi connectivity index (χ3n) is 4.51. The first-order valence-corrected chi connectivity index (χ1v) is 8.29. The van der Waals surface area contributed by atoms with Crippen LogP contribution in [0.2, 0.25) is 0 Å². The normalized spacial score (nSPS) is 20.6. The predicted octanol–water partition coefficient (Wildman–Crippen LogP) is 1.26. The van der Waals surface area contributed by atoms with Crippen molar-refractivity contribution < 1.29 is 14.4 Å². The minimum atomic E-state index is 0.0642. The Morgan fingerprint density at radius 2 is 2.09 bits per heavy atom. The number of likely N-dealkylation sites (tertiary alicyclic amines) is 1. The number of carbonyl (C=O) groups is 1. The van der Waals surface area contributed by atoms with E-state index >= 15 is 0 Å². The molecule has 1 aliphatic rings. The first-order valence-electron chi connectivity index (χ1n) is 8.29. The van der Waals surface area contributed by atoms with E-state index in [-0.39, 0.29) is 5.91 Å². The zero-order valence-electron chi connectivity index (χ0n) is 14.0. The first-order chi connectivity index (χ1) is 11.2. The Hall–Kier alpha value is -2.06. The number of methoxy groups -OCH3 is 1. The van der Waals surface area contributed by atoms with E-state index < -0.39 is 0 Å². The highest BCUT2D eigenvalue weighted by Gasteiger charge is 2.26. The summed E-state index contributed by atoms with van der Waals surface area (Å²) in [5, 5.41) is 8.90. The van der Waals surface area contributed by atoms with E-state index in [2.05, 4.69) is 13.0 Å². The van der Waals surface area contributed by atoms with Gasteiger partial charge in [-0.05, 0) is 30.9 Å². The fourth-order valence-electron chi connectivity index (χ4n) is 3.05. The molecular weight excluding hydrogens is 290 g/mol. The lowest BCUT2D eigenvalue weighted by Gasteiger charge is -2.29. The third kappa shape index (κ3) is 4.70. The van der Waals surface area contributed by atoms with Crippen molar-refractivity contribution in [1.82, 2.24) is 0 Å². The Morgan fingerprint density at radius 1 is 1.39 bits per heavy atom. The quantitative estimate of drug-likeness (QED) is 0.859. The number of rotatable bonds is 6. The van der Waals surface area contributed by atoms with E-state index in [1.807, 2.05) is 24.3 Å². The number of nitriles is 1. The number of nitrogens with one attached hydrogen (secondary N) is 1. The van der Waals surface area contributed by atoms with Gasteiger partial charge < -0.3 is 14.5 Å². The molecule has 2 rings (SSSR count). The summed E-state index contributed by atoms with van der Waals surface area (Å²) < 4.78 is 5.38. The molecule has 0 aromatic heterocycles. The average molecular weight is 316 g/mol. The van der Waals surface area contributed by atoms with Gasteiger partial charge in [0.25, 0.3) is 5.91 Å². The molecule has 1 aromatic rings. The molecule has 5 heteroatoms. The number of hydrogen-bond donors (Lipinski definition) is 1. The molecular formula is C18H26N3O2+. The minimum Gasteiger partial charge on any atom is -0.495 e. The van der Waals surface area contributed by atoms with Crippen molar-refractivity contribution in [3.8, 4) is 11.8 Å². The van der Waals surface area contributed by atoms with Crippen LogP contribution < -0.4 is 14.5 Å². The lowest BCUT2D eigenvalue weighted by atomic mass is 9.99. The number of ether oxygens (including phenoxy) is 1. The number of amides is 1. The summed E-state index contributed by atoms with van der Waals surface area (Å²) in [6, 6.07) is 9.62. The summed E-state index contributed by atoms with van der Waals surface area (Å²) >= 11 is 0. The molecule has 1 saturated heterocycles. The summed E-state index contributed by atoms with van der Waals surface area (Å²) in [4.78, 5) is 15.8. The molecule has 0 saturated carbocycles. The van der Waals surface area contributed by atoms with E-state index in [4.69, 9.17) is 10.00 Å². The van der Waals surface area contributed by atoms with Gasteiger partial charge in [0.05, 0.1) is 38.4 Å². The Balaban J connectivity index is 2.11. The Bertz CT molecular complexity index is 560. The van der Waals surface area contributed by atoms with Crippen LogP contribution in [-0.2, 0) is 4.79 Å². The van der Waals surface area contributed by atoms with Crippen molar-refractivity contribution in [3.05, 3.63) is 24.3 Å². The van der Waals surface area contributed by atoms with E-state index in [1.54, 1.807) is 12.0 Å². The molecule has 0 bridgehead atoms. The highest BCUT2D eigenvalue weighted by Crippen LogP contribution is 2.27. The van der Waals surface area contributed by atoms with Gasteiger partial charge in [-0.1, -0.05) is 19.1 Å². The van der Waals surface area contributed by atoms with Crippen molar-refractivity contribution in [1.29, 1.82) is 5.26 Å². The summed E-state index contributed by atoms with van der Waals surface area (Å²) in [5.41, 5.74) is 0.750. The second-order valence-electron chi connectivity index (χ2n) is 6.23. The van der Waals surface area contributed by atoms with Crippen LogP contribution in [0.1, 0.15) is 26.2 Å². The van der Waals surface area contributed by atoms with Crippen LogP contribution in [-0.4, -0.2) is 39.2 Å². The molecule has 5 nitrogen and oxygen atoms in total. The molecule has 124 valence electrons. The molecule has 1 amide bonds. The first kappa shape index (κ1) is 17.3. The summed E-state index contributed by atoms with van der Waals surface area (Å²) in [5.74, 6) is 1.49. The van der Waals surface area contributed by atoms with Gasteiger partial charge in [-0.25, -0.2) is 0 Å². The van der Waals surface area contributed by atoms with Gasteiger partial charge in [-0.15, -0.1) is 0 Å². The molecule has 0 atom stereocenters. The van der Waals surface area contributed by atoms with Crippen LogP contribution in [0.15, 0.2) is 24.3 Å². The van der Waals surface area contributed by atoms with E-state index in [9.17, 15) is 4.79 Å². The Morgan fingerprint density at radius 3 is 2.74 bits per heavy atom. The number of piperidine rings is 1. The van der Waals surface area contributed by atoms with Crippen LogP contribution in [0.3, 0.4) is 0 Å². The third-order valence-corrected chi connectivity index (χ3v) is 4.51. The number of carbonyl (C=O) groups excluding carboxylic acids is 1. The molecule has 23 heavy (non-hydrogen) atoms.